The van der Waals surface area contributed by atoms with Gasteiger partial charge in [-0.05, 0) is 41.1 Å². The average Bonchev–Trinajstić information content (AvgIpc) is 3.40. The SMILES string of the molecule is Cc1ccc(C(C)(C)C)cc1Cc1nc(N2CCN(c3nonc3C)CC2)nc2ncn(C)c12. The molecule has 4 aromatic rings. The molecule has 1 aliphatic heterocycles. The zero-order valence-electron chi connectivity index (χ0n) is 20.8. The summed E-state index contributed by atoms with van der Waals surface area (Å²) in [6, 6.07) is 6.78. The van der Waals surface area contributed by atoms with E-state index >= 15 is 0 Å². The molecule has 0 atom stereocenters. The van der Waals surface area contributed by atoms with Crippen molar-refractivity contribution in [2.75, 3.05) is 36.0 Å². The summed E-state index contributed by atoms with van der Waals surface area (Å²) in [6.45, 7) is 14.0. The van der Waals surface area contributed by atoms with Gasteiger partial charge in [-0.2, -0.15) is 4.98 Å². The summed E-state index contributed by atoms with van der Waals surface area (Å²) in [4.78, 5) is 18.9. The number of aryl methyl sites for hydroxylation is 3. The maximum atomic E-state index is 5.08. The summed E-state index contributed by atoms with van der Waals surface area (Å²) in [5.74, 6) is 1.55. The number of imidazole rings is 1. The minimum Gasteiger partial charge on any atom is -0.349 e. The van der Waals surface area contributed by atoms with E-state index in [0.717, 1.165) is 66.9 Å². The Kier molecular flexibility index (Phi) is 5.50. The van der Waals surface area contributed by atoms with Crippen molar-refractivity contribution in [3.05, 3.63) is 52.6 Å². The largest absolute Gasteiger partial charge is 0.349 e. The van der Waals surface area contributed by atoms with E-state index < -0.39 is 0 Å². The van der Waals surface area contributed by atoms with Gasteiger partial charge < -0.3 is 14.4 Å². The highest BCUT2D eigenvalue weighted by atomic mass is 16.6. The molecule has 178 valence electrons. The number of hydrogen-bond acceptors (Lipinski definition) is 8. The van der Waals surface area contributed by atoms with Crippen molar-refractivity contribution in [3.8, 4) is 0 Å². The third-order valence-electron chi connectivity index (χ3n) is 6.70. The topological polar surface area (TPSA) is 89.0 Å². The maximum Gasteiger partial charge on any atom is 0.227 e. The molecule has 0 saturated carbocycles. The van der Waals surface area contributed by atoms with Crippen LogP contribution in [0.4, 0.5) is 11.8 Å². The molecule has 4 heterocycles. The van der Waals surface area contributed by atoms with Gasteiger partial charge in [0, 0.05) is 39.6 Å². The van der Waals surface area contributed by atoms with E-state index in [2.05, 4.69) is 71.0 Å². The van der Waals surface area contributed by atoms with Crippen LogP contribution in [0.2, 0.25) is 0 Å². The van der Waals surface area contributed by atoms with Gasteiger partial charge in [-0.1, -0.05) is 44.1 Å². The lowest BCUT2D eigenvalue weighted by atomic mass is 9.84. The second-order valence-corrected chi connectivity index (χ2v) is 10.2. The number of hydrogen-bond donors (Lipinski definition) is 0. The molecule has 0 unspecified atom stereocenters. The van der Waals surface area contributed by atoms with Crippen LogP contribution in [0.15, 0.2) is 29.2 Å². The van der Waals surface area contributed by atoms with Gasteiger partial charge in [0.15, 0.2) is 11.5 Å². The molecule has 0 bridgehead atoms. The quantitative estimate of drug-likeness (QED) is 0.457. The van der Waals surface area contributed by atoms with Crippen LogP contribution in [0.25, 0.3) is 11.2 Å². The van der Waals surface area contributed by atoms with Crippen molar-refractivity contribution in [1.82, 2.24) is 29.8 Å². The Bertz CT molecular complexity index is 1320. The summed E-state index contributed by atoms with van der Waals surface area (Å²) in [5.41, 5.74) is 7.55. The number of anilines is 2. The summed E-state index contributed by atoms with van der Waals surface area (Å²) in [7, 11) is 2.01. The minimum atomic E-state index is 0.0958. The first-order valence-electron chi connectivity index (χ1n) is 11.8. The zero-order chi connectivity index (χ0) is 24.0. The molecule has 9 heteroatoms. The lowest BCUT2D eigenvalue weighted by molar-refractivity contribution is 0.304. The highest BCUT2D eigenvalue weighted by molar-refractivity contribution is 5.75. The van der Waals surface area contributed by atoms with E-state index in [-0.39, 0.29) is 5.41 Å². The standard InChI is InChI=1S/C25H32N8O/c1-16-7-8-19(25(3,4)5)13-18(16)14-20-21-22(26-15-31(21)6)28-24(27-20)33-11-9-32(10-12-33)23-17(2)29-34-30-23/h7-8,13,15H,9-12,14H2,1-6H3. The fourth-order valence-electron chi connectivity index (χ4n) is 4.53. The number of aromatic nitrogens is 6. The van der Waals surface area contributed by atoms with E-state index in [1.165, 1.54) is 16.7 Å². The molecule has 5 rings (SSSR count). The van der Waals surface area contributed by atoms with Crippen molar-refractivity contribution < 1.29 is 4.63 Å². The summed E-state index contributed by atoms with van der Waals surface area (Å²) in [6.07, 6.45) is 2.56. The van der Waals surface area contributed by atoms with Gasteiger partial charge in [0.25, 0.3) is 0 Å². The molecule has 1 aromatic carbocycles. The van der Waals surface area contributed by atoms with Gasteiger partial charge in [0.1, 0.15) is 11.2 Å². The second-order valence-electron chi connectivity index (χ2n) is 10.2. The Labute approximate surface area is 199 Å². The van der Waals surface area contributed by atoms with Crippen LogP contribution in [-0.4, -0.2) is 56.0 Å². The molecular weight excluding hydrogens is 428 g/mol. The Morgan fingerprint density at radius 2 is 1.71 bits per heavy atom. The van der Waals surface area contributed by atoms with Crippen LogP contribution in [0.5, 0.6) is 0 Å². The van der Waals surface area contributed by atoms with E-state index in [1.54, 1.807) is 0 Å². The van der Waals surface area contributed by atoms with Crippen LogP contribution in [0.1, 0.15) is 48.8 Å². The number of rotatable bonds is 4. The molecule has 1 fully saturated rings. The fourth-order valence-corrected chi connectivity index (χ4v) is 4.53. The number of fused-ring (bicyclic) bond motifs is 1. The van der Waals surface area contributed by atoms with Crippen LogP contribution < -0.4 is 9.80 Å². The third-order valence-corrected chi connectivity index (χ3v) is 6.70. The van der Waals surface area contributed by atoms with Gasteiger partial charge in [0.05, 0.1) is 12.0 Å². The molecule has 0 amide bonds. The zero-order valence-corrected chi connectivity index (χ0v) is 20.8. The van der Waals surface area contributed by atoms with Gasteiger partial charge in [0.2, 0.25) is 5.95 Å². The number of benzene rings is 1. The Balaban J connectivity index is 1.46. The molecule has 0 spiro atoms. The van der Waals surface area contributed by atoms with Gasteiger partial charge in [-0.3, -0.25) is 0 Å². The van der Waals surface area contributed by atoms with Gasteiger partial charge in [-0.15, -0.1) is 0 Å². The molecule has 9 nitrogen and oxygen atoms in total. The Morgan fingerprint density at radius 1 is 0.971 bits per heavy atom. The molecule has 0 aliphatic carbocycles. The molecule has 1 saturated heterocycles. The van der Waals surface area contributed by atoms with Crippen LogP contribution in [0.3, 0.4) is 0 Å². The predicted octanol–water partition coefficient (Wildman–Crippen LogP) is 3.58. The van der Waals surface area contributed by atoms with Crippen molar-refractivity contribution in [3.63, 3.8) is 0 Å². The Hall–Kier alpha value is -3.49. The summed E-state index contributed by atoms with van der Waals surface area (Å²) >= 11 is 0. The van der Waals surface area contributed by atoms with E-state index in [4.69, 9.17) is 14.6 Å². The van der Waals surface area contributed by atoms with E-state index in [0.29, 0.717) is 0 Å². The lowest BCUT2D eigenvalue weighted by Gasteiger charge is -2.34. The normalized spacial score (nSPS) is 14.9. The van der Waals surface area contributed by atoms with Crippen LogP contribution in [-0.2, 0) is 18.9 Å². The number of piperazine rings is 1. The average molecular weight is 461 g/mol. The highest BCUT2D eigenvalue weighted by Crippen LogP contribution is 2.28. The molecule has 0 radical (unpaired) electrons. The number of nitrogens with zero attached hydrogens (tertiary/aromatic N) is 8. The second kappa shape index (κ2) is 8.38. The third kappa shape index (κ3) is 4.10. The maximum absolute atomic E-state index is 5.08. The molecule has 1 aliphatic rings. The monoisotopic (exact) mass is 460 g/mol. The first-order valence-corrected chi connectivity index (χ1v) is 11.8. The first kappa shape index (κ1) is 22.3. The van der Waals surface area contributed by atoms with Crippen LogP contribution in [0, 0.1) is 13.8 Å². The van der Waals surface area contributed by atoms with Crippen LogP contribution >= 0.6 is 0 Å². The van der Waals surface area contributed by atoms with Crippen molar-refractivity contribution in [2.45, 2.75) is 46.5 Å². The van der Waals surface area contributed by atoms with E-state index in [9.17, 15) is 0 Å². The van der Waals surface area contributed by atoms with Crippen molar-refractivity contribution >= 4 is 22.9 Å². The first-order chi connectivity index (χ1) is 16.2. The highest BCUT2D eigenvalue weighted by Gasteiger charge is 2.25. The van der Waals surface area contributed by atoms with Gasteiger partial charge in [-0.25, -0.2) is 14.6 Å². The summed E-state index contributed by atoms with van der Waals surface area (Å²) in [5, 5.41) is 7.96. The van der Waals surface area contributed by atoms with Crippen molar-refractivity contribution in [2.24, 2.45) is 7.05 Å². The van der Waals surface area contributed by atoms with Gasteiger partial charge >= 0.3 is 0 Å². The Morgan fingerprint density at radius 3 is 2.38 bits per heavy atom. The predicted molar refractivity (Wildman–Crippen MR) is 132 cm³/mol. The lowest BCUT2D eigenvalue weighted by Crippen LogP contribution is -2.47. The molecule has 3 aromatic heterocycles. The summed E-state index contributed by atoms with van der Waals surface area (Å²) < 4.78 is 6.90. The molecule has 0 N–H and O–H groups in total. The smallest absolute Gasteiger partial charge is 0.227 e. The van der Waals surface area contributed by atoms with E-state index in [1.807, 2.05) is 24.9 Å². The molecular formula is C25H32N8O. The molecule has 34 heavy (non-hydrogen) atoms. The fraction of sp³-hybridized carbons (Fsp3) is 0.480. The minimum absolute atomic E-state index is 0.0958. The van der Waals surface area contributed by atoms with Crippen molar-refractivity contribution in [1.29, 1.82) is 0 Å².